The summed E-state index contributed by atoms with van der Waals surface area (Å²) in [6.07, 6.45) is 5.16. The fourth-order valence-electron chi connectivity index (χ4n) is 1.36. The molecule has 0 aromatic heterocycles. The summed E-state index contributed by atoms with van der Waals surface area (Å²) < 4.78 is 0. The first-order valence-corrected chi connectivity index (χ1v) is 3.52. The van der Waals surface area contributed by atoms with Crippen LogP contribution in [0, 0.1) is 0 Å². The first kappa shape index (κ1) is 8.59. The predicted molar refractivity (Wildman–Crippen MR) is 47.1 cm³/mol. The highest BCUT2D eigenvalue weighted by molar-refractivity contribution is 5.85. The van der Waals surface area contributed by atoms with Gasteiger partial charge in [-0.15, -0.1) is 12.4 Å². The molecule has 4 N–H and O–H groups in total. The lowest BCUT2D eigenvalue weighted by Gasteiger charge is -2.14. The number of nitrogens with one attached hydrogen (secondary N) is 2. The second-order valence-electron chi connectivity index (χ2n) is 2.66. The number of allylic oxidation sites excluding steroid dienone is 1. The maximum atomic E-state index is 5.83. The Morgan fingerprint density at radius 3 is 3.09 bits per heavy atom. The van der Waals surface area contributed by atoms with Gasteiger partial charge in [0, 0.05) is 12.6 Å². The van der Waals surface area contributed by atoms with E-state index in [1.807, 2.05) is 0 Å². The Labute approximate surface area is 72.1 Å². The van der Waals surface area contributed by atoms with E-state index in [0.717, 1.165) is 13.0 Å². The zero-order valence-corrected chi connectivity index (χ0v) is 6.95. The molecule has 1 aliphatic heterocycles. The van der Waals surface area contributed by atoms with E-state index >= 15 is 0 Å². The molecule has 0 amide bonds. The molecule has 1 unspecified atom stereocenters. The number of rotatable bonds is 0. The standard InChI is InChI=1S/C7H11N3.ClH/c8-6-2-1-3-7-5(6)4-9-10-7;/h1,3,6,9-10H,2,4,8H2;1H. The molecule has 0 fully saturated rings. The largest absolute Gasteiger partial charge is 0.324 e. The minimum absolute atomic E-state index is 0. The van der Waals surface area contributed by atoms with Crippen molar-refractivity contribution in [3.05, 3.63) is 23.4 Å². The molecule has 1 aliphatic carbocycles. The van der Waals surface area contributed by atoms with Crippen LogP contribution in [-0.2, 0) is 0 Å². The smallest absolute Gasteiger partial charge is 0.0505 e. The van der Waals surface area contributed by atoms with Crippen LogP contribution >= 0.6 is 12.4 Å². The molecule has 0 aromatic rings. The van der Waals surface area contributed by atoms with E-state index in [9.17, 15) is 0 Å². The van der Waals surface area contributed by atoms with E-state index in [2.05, 4.69) is 23.0 Å². The lowest BCUT2D eigenvalue weighted by atomic mass is 9.99. The summed E-state index contributed by atoms with van der Waals surface area (Å²) >= 11 is 0. The van der Waals surface area contributed by atoms with Crippen LogP contribution in [0.5, 0.6) is 0 Å². The number of halogens is 1. The SMILES string of the molecule is Cl.NC1CC=CC2=C1CNN2. The van der Waals surface area contributed by atoms with Crippen molar-refractivity contribution in [1.29, 1.82) is 0 Å². The van der Waals surface area contributed by atoms with Crippen LogP contribution in [-0.4, -0.2) is 12.6 Å². The van der Waals surface area contributed by atoms with Crippen LogP contribution in [0.15, 0.2) is 23.4 Å². The Morgan fingerprint density at radius 2 is 2.36 bits per heavy atom. The molecule has 1 heterocycles. The van der Waals surface area contributed by atoms with E-state index in [-0.39, 0.29) is 18.4 Å². The Hall–Kier alpha value is -0.510. The van der Waals surface area contributed by atoms with Gasteiger partial charge in [-0.05, 0) is 18.1 Å². The van der Waals surface area contributed by atoms with Crippen molar-refractivity contribution < 1.29 is 0 Å². The van der Waals surface area contributed by atoms with Gasteiger partial charge in [0.2, 0.25) is 0 Å². The minimum Gasteiger partial charge on any atom is -0.324 e. The third kappa shape index (κ3) is 1.40. The highest BCUT2D eigenvalue weighted by Gasteiger charge is 2.19. The maximum Gasteiger partial charge on any atom is 0.0505 e. The van der Waals surface area contributed by atoms with Crippen molar-refractivity contribution in [2.45, 2.75) is 12.5 Å². The van der Waals surface area contributed by atoms with Crippen LogP contribution in [0.3, 0.4) is 0 Å². The van der Waals surface area contributed by atoms with Crippen molar-refractivity contribution in [2.24, 2.45) is 5.73 Å². The fourth-order valence-corrected chi connectivity index (χ4v) is 1.36. The normalized spacial score (nSPS) is 27.5. The zero-order valence-electron chi connectivity index (χ0n) is 6.13. The van der Waals surface area contributed by atoms with Gasteiger partial charge >= 0.3 is 0 Å². The summed E-state index contributed by atoms with van der Waals surface area (Å²) in [6, 6.07) is 0.225. The minimum atomic E-state index is 0. The molecule has 0 saturated heterocycles. The summed E-state index contributed by atoms with van der Waals surface area (Å²) in [5.74, 6) is 0. The van der Waals surface area contributed by atoms with E-state index in [4.69, 9.17) is 5.73 Å². The molecular weight excluding hydrogens is 162 g/mol. The van der Waals surface area contributed by atoms with E-state index in [1.54, 1.807) is 0 Å². The Kier molecular flexibility index (Phi) is 2.54. The summed E-state index contributed by atoms with van der Waals surface area (Å²) in [6.45, 7) is 0.890. The fraction of sp³-hybridized carbons (Fsp3) is 0.429. The monoisotopic (exact) mass is 173 g/mol. The molecule has 0 spiro atoms. The van der Waals surface area contributed by atoms with Gasteiger partial charge in [0.25, 0.3) is 0 Å². The molecule has 3 nitrogen and oxygen atoms in total. The Balaban J connectivity index is 0.000000605. The molecule has 2 aliphatic rings. The first-order chi connectivity index (χ1) is 4.88. The Morgan fingerprint density at radius 1 is 1.55 bits per heavy atom. The molecule has 0 aromatic carbocycles. The van der Waals surface area contributed by atoms with Gasteiger partial charge in [-0.25, -0.2) is 5.43 Å². The highest BCUT2D eigenvalue weighted by Crippen LogP contribution is 2.17. The molecular formula is C7H12ClN3. The first-order valence-electron chi connectivity index (χ1n) is 3.52. The number of nitrogens with two attached hydrogens (primary N) is 1. The topological polar surface area (TPSA) is 50.1 Å². The second-order valence-corrected chi connectivity index (χ2v) is 2.66. The van der Waals surface area contributed by atoms with Crippen molar-refractivity contribution in [2.75, 3.05) is 6.54 Å². The molecule has 0 radical (unpaired) electrons. The summed E-state index contributed by atoms with van der Waals surface area (Å²) in [5, 5.41) is 0. The second kappa shape index (κ2) is 3.26. The van der Waals surface area contributed by atoms with Crippen molar-refractivity contribution in [3.8, 4) is 0 Å². The van der Waals surface area contributed by atoms with E-state index in [0.29, 0.717) is 0 Å². The summed E-state index contributed by atoms with van der Waals surface area (Å²) in [7, 11) is 0. The number of hydrogen-bond donors (Lipinski definition) is 3. The van der Waals surface area contributed by atoms with Gasteiger partial charge < -0.3 is 11.2 Å². The molecule has 2 rings (SSSR count). The summed E-state index contributed by atoms with van der Waals surface area (Å²) in [4.78, 5) is 0. The van der Waals surface area contributed by atoms with Crippen molar-refractivity contribution >= 4 is 12.4 Å². The predicted octanol–water partition coefficient (Wildman–Crippen LogP) is 0.0573. The summed E-state index contributed by atoms with van der Waals surface area (Å²) in [5.41, 5.74) is 14.4. The molecule has 11 heavy (non-hydrogen) atoms. The average molecular weight is 174 g/mol. The number of hydrazine groups is 1. The van der Waals surface area contributed by atoms with Crippen LogP contribution < -0.4 is 16.6 Å². The molecule has 1 atom stereocenters. The van der Waals surface area contributed by atoms with Crippen molar-refractivity contribution in [3.63, 3.8) is 0 Å². The van der Waals surface area contributed by atoms with Gasteiger partial charge in [-0.3, -0.25) is 0 Å². The van der Waals surface area contributed by atoms with Gasteiger partial charge in [-0.1, -0.05) is 6.08 Å². The van der Waals surface area contributed by atoms with Crippen LogP contribution in [0.4, 0.5) is 0 Å². The molecule has 0 saturated carbocycles. The highest BCUT2D eigenvalue weighted by atomic mass is 35.5. The van der Waals surface area contributed by atoms with Crippen LogP contribution in [0.1, 0.15) is 6.42 Å². The Bertz CT molecular complexity index is 210. The van der Waals surface area contributed by atoms with Gasteiger partial charge in [-0.2, -0.15) is 0 Å². The third-order valence-corrected chi connectivity index (χ3v) is 1.97. The molecule has 62 valence electrons. The number of hydrogen-bond acceptors (Lipinski definition) is 3. The average Bonchev–Trinajstić information content (AvgIpc) is 2.36. The lowest BCUT2D eigenvalue weighted by Crippen LogP contribution is -2.26. The van der Waals surface area contributed by atoms with E-state index < -0.39 is 0 Å². The molecule has 0 bridgehead atoms. The van der Waals surface area contributed by atoms with Crippen LogP contribution in [0.25, 0.3) is 0 Å². The van der Waals surface area contributed by atoms with Gasteiger partial charge in [0.05, 0.1) is 5.70 Å². The molecule has 4 heteroatoms. The van der Waals surface area contributed by atoms with Crippen molar-refractivity contribution in [1.82, 2.24) is 10.9 Å². The lowest BCUT2D eigenvalue weighted by molar-refractivity contribution is 0.694. The van der Waals surface area contributed by atoms with Gasteiger partial charge in [0.1, 0.15) is 0 Å². The van der Waals surface area contributed by atoms with Crippen LogP contribution in [0.2, 0.25) is 0 Å². The maximum absolute atomic E-state index is 5.83. The quantitative estimate of drug-likeness (QED) is 0.486. The van der Waals surface area contributed by atoms with Gasteiger partial charge in [0.15, 0.2) is 0 Å². The van der Waals surface area contributed by atoms with E-state index in [1.165, 1.54) is 11.3 Å². The third-order valence-electron chi connectivity index (χ3n) is 1.97. The zero-order chi connectivity index (χ0) is 6.97.